The molecule has 1 atom stereocenters. The Hall–Kier alpha value is -2.71. The Balaban J connectivity index is 1.51. The normalized spacial score (nSPS) is 18.8. The molecule has 0 radical (unpaired) electrons. The molecule has 0 saturated carbocycles. The highest BCUT2D eigenvalue weighted by Crippen LogP contribution is 2.32. The molecule has 0 bridgehead atoms. The summed E-state index contributed by atoms with van der Waals surface area (Å²) < 4.78 is 26.8. The van der Waals surface area contributed by atoms with Gasteiger partial charge in [0.2, 0.25) is 21.8 Å². The standard InChI is InChI=1S/C24H29N3O4S/c1-3-25(4-2)32(30,31)21-13-11-20(12-14-21)27-17-19(16-23(27)28)24(29)26-15-7-9-18-8-5-6-10-22(18)26/h5-6,8,10-14,19H,3-4,7,9,15-17H2,1-2H3/t19-/m0/s1. The van der Waals surface area contributed by atoms with Crippen LogP contribution >= 0.6 is 0 Å². The molecule has 0 spiro atoms. The summed E-state index contributed by atoms with van der Waals surface area (Å²) >= 11 is 0. The largest absolute Gasteiger partial charge is 0.312 e. The zero-order valence-corrected chi connectivity index (χ0v) is 19.3. The number of aryl methyl sites for hydroxylation is 1. The maximum atomic E-state index is 13.3. The van der Waals surface area contributed by atoms with Gasteiger partial charge in [-0.05, 0) is 48.7 Å². The molecule has 32 heavy (non-hydrogen) atoms. The molecular weight excluding hydrogens is 426 g/mol. The van der Waals surface area contributed by atoms with E-state index in [1.54, 1.807) is 30.9 Å². The number of benzene rings is 2. The third-order valence-electron chi connectivity index (χ3n) is 6.34. The number of carbonyl (C=O) groups excluding carboxylic acids is 2. The highest BCUT2D eigenvalue weighted by Gasteiger charge is 2.38. The summed E-state index contributed by atoms with van der Waals surface area (Å²) in [6, 6.07) is 14.3. The van der Waals surface area contributed by atoms with E-state index in [2.05, 4.69) is 6.07 Å². The van der Waals surface area contributed by atoms with Crippen molar-refractivity contribution in [3.63, 3.8) is 0 Å². The summed E-state index contributed by atoms with van der Waals surface area (Å²) in [6.45, 7) is 5.37. The molecule has 0 aliphatic carbocycles. The number of para-hydroxylation sites is 1. The molecule has 2 aromatic rings. The molecule has 2 heterocycles. The first-order chi connectivity index (χ1) is 15.4. The zero-order chi connectivity index (χ0) is 22.9. The fraction of sp³-hybridized carbons (Fsp3) is 0.417. The molecule has 1 saturated heterocycles. The highest BCUT2D eigenvalue weighted by molar-refractivity contribution is 7.89. The Morgan fingerprint density at radius 1 is 1.06 bits per heavy atom. The Morgan fingerprint density at radius 3 is 2.44 bits per heavy atom. The smallest absolute Gasteiger partial charge is 0.243 e. The van der Waals surface area contributed by atoms with Crippen molar-refractivity contribution in [2.45, 2.75) is 38.0 Å². The third-order valence-corrected chi connectivity index (χ3v) is 8.41. The van der Waals surface area contributed by atoms with Crippen LogP contribution in [0.3, 0.4) is 0 Å². The first kappa shape index (κ1) is 22.5. The van der Waals surface area contributed by atoms with Crippen molar-refractivity contribution in [1.29, 1.82) is 0 Å². The lowest BCUT2D eigenvalue weighted by Gasteiger charge is -2.31. The van der Waals surface area contributed by atoms with Crippen LogP contribution in [0, 0.1) is 5.92 Å². The Morgan fingerprint density at radius 2 is 1.75 bits per heavy atom. The minimum atomic E-state index is -3.55. The van der Waals surface area contributed by atoms with Crippen molar-refractivity contribution in [2.75, 3.05) is 36.0 Å². The van der Waals surface area contributed by atoms with Crippen molar-refractivity contribution in [3.8, 4) is 0 Å². The predicted molar refractivity (Wildman–Crippen MR) is 124 cm³/mol. The zero-order valence-electron chi connectivity index (χ0n) is 18.5. The average molecular weight is 456 g/mol. The minimum Gasteiger partial charge on any atom is -0.312 e. The molecule has 0 aromatic heterocycles. The van der Waals surface area contributed by atoms with E-state index in [1.807, 2.05) is 23.1 Å². The number of rotatable bonds is 6. The van der Waals surface area contributed by atoms with Gasteiger partial charge in [-0.2, -0.15) is 4.31 Å². The van der Waals surface area contributed by atoms with Gasteiger partial charge in [0.05, 0.1) is 10.8 Å². The lowest BCUT2D eigenvalue weighted by atomic mass is 9.99. The predicted octanol–water partition coefficient (Wildman–Crippen LogP) is 3.05. The molecule has 0 N–H and O–H groups in total. The average Bonchev–Trinajstić information content (AvgIpc) is 3.20. The molecule has 1 fully saturated rings. The van der Waals surface area contributed by atoms with Crippen LogP contribution in [-0.4, -0.2) is 50.7 Å². The number of hydrogen-bond acceptors (Lipinski definition) is 4. The van der Waals surface area contributed by atoms with Crippen molar-refractivity contribution in [2.24, 2.45) is 5.92 Å². The summed E-state index contributed by atoms with van der Waals surface area (Å²) in [7, 11) is -3.55. The van der Waals surface area contributed by atoms with Crippen LogP contribution in [0.15, 0.2) is 53.4 Å². The fourth-order valence-corrected chi connectivity index (χ4v) is 6.07. The van der Waals surface area contributed by atoms with Gasteiger partial charge < -0.3 is 9.80 Å². The van der Waals surface area contributed by atoms with Crippen LogP contribution in [-0.2, 0) is 26.0 Å². The van der Waals surface area contributed by atoms with Crippen molar-refractivity contribution >= 4 is 33.2 Å². The molecule has 0 unspecified atom stereocenters. The maximum Gasteiger partial charge on any atom is 0.243 e. The second-order valence-corrected chi connectivity index (χ2v) is 10.1. The van der Waals surface area contributed by atoms with Crippen LogP contribution in [0.1, 0.15) is 32.3 Å². The van der Waals surface area contributed by atoms with Crippen LogP contribution < -0.4 is 9.80 Å². The van der Waals surface area contributed by atoms with Gasteiger partial charge in [-0.15, -0.1) is 0 Å². The van der Waals surface area contributed by atoms with Gasteiger partial charge in [0.1, 0.15) is 0 Å². The molecule has 2 amide bonds. The number of anilines is 2. The molecule has 2 aliphatic rings. The molecular formula is C24H29N3O4S. The van der Waals surface area contributed by atoms with E-state index < -0.39 is 15.9 Å². The number of nitrogens with zero attached hydrogens (tertiary/aromatic N) is 3. The van der Waals surface area contributed by atoms with E-state index in [0.717, 1.165) is 18.5 Å². The SMILES string of the molecule is CCN(CC)S(=O)(=O)c1ccc(N2C[C@@H](C(=O)N3CCCc4ccccc43)CC2=O)cc1. The second kappa shape index (κ2) is 9.03. The second-order valence-electron chi connectivity index (χ2n) is 8.21. The van der Waals surface area contributed by atoms with Gasteiger partial charge in [0.15, 0.2) is 0 Å². The number of amides is 2. The monoisotopic (exact) mass is 455 g/mol. The molecule has 2 aromatic carbocycles. The molecule has 170 valence electrons. The number of carbonyl (C=O) groups is 2. The maximum absolute atomic E-state index is 13.3. The number of fused-ring (bicyclic) bond motifs is 1. The van der Waals surface area contributed by atoms with E-state index >= 15 is 0 Å². The van der Waals surface area contributed by atoms with Crippen LogP contribution in [0.4, 0.5) is 11.4 Å². The minimum absolute atomic E-state index is 0.0197. The first-order valence-corrected chi connectivity index (χ1v) is 12.6. The Kier molecular flexibility index (Phi) is 6.35. The van der Waals surface area contributed by atoms with E-state index in [1.165, 1.54) is 22.0 Å². The quantitative estimate of drug-likeness (QED) is 0.671. The van der Waals surface area contributed by atoms with E-state index in [-0.39, 0.29) is 23.1 Å². The first-order valence-electron chi connectivity index (χ1n) is 11.2. The third kappa shape index (κ3) is 4.04. The fourth-order valence-electron chi connectivity index (χ4n) is 4.62. The summed E-state index contributed by atoms with van der Waals surface area (Å²) in [4.78, 5) is 29.6. The van der Waals surface area contributed by atoms with Gasteiger partial charge in [-0.25, -0.2) is 8.42 Å². The summed E-state index contributed by atoms with van der Waals surface area (Å²) in [5, 5.41) is 0. The van der Waals surface area contributed by atoms with Gasteiger partial charge in [-0.3, -0.25) is 9.59 Å². The molecule has 8 heteroatoms. The number of sulfonamides is 1. The lowest BCUT2D eigenvalue weighted by Crippen LogP contribution is -2.40. The van der Waals surface area contributed by atoms with Gasteiger partial charge >= 0.3 is 0 Å². The summed E-state index contributed by atoms with van der Waals surface area (Å²) in [5.74, 6) is -0.547. The van der Waals surface area contributed by atoms with Crippen LogP contribution in [0.5, 0.6) is 0 Å². The van der Waals surface area contributed by atoms with Gasteiger partial charge in [0, 0.05) is 44.0 Å². The van der Waals surface area contributed by atoms with Gasteiger partial charge in [0.25, 0.3) is 0 Å². The lowest BCUT2D eigenvalue weighted by molar-refractivity contribution is -0.124. The Bertz CT molecular complexity index is 1110. The van der Waals surface area contributed by atoms with E-state index in [9.17, 15) is 18.0 Å². The highest BCUT2D eigenvalue weighted by atomic mass is 32.2. The van der Waals surface area contributed by atoms with Gasteiger partial charge in [-0.1, -0.05) is 32.0 Å². The van der Waals surface area contributed by atoms with Crippen molar-refractivity contribution in [3.05, 3.63) is 54.1 Å². The van der Waals surface area contributed by atoms with Crippen LogP contribution in [0.25, 0.3) is 0 Å². The topological polar surface area (TPSA) is 78.0 Å². The summed E-state index contributed by atoms with van der Waals surface area (Å²) in [6.07, 6.45) is 2.03. The molecule has 7 nitrogen and oxygen atoms in total. The molecule has 4 rings (SSSR count). The van der Waals surface area contributed by atoms with Crippen molar-refractivity contribution < 1.29 is 18.0 Å². The molecule has 2 aliphatic heterocycles. The summed E-state index contributed by atoms with van der Waals surface area (Å²) in [5.41, 5.74) is 2.72. The number of hydrogen-bond donors (Lipinski definition) is 0. The van der Waals surface area contributed by atoms with E-state index in [0.29, 0.717) is 31.9 Å². The van der Waals surface area contributed by atoms with E-state index in [4.69, 9.17) is 0 Å². The Labute approximate surface area is 189 Å². The van der Waals surface area contributed by atoms with Crippen molar-refractivity contribution in [1.82, 2.24) is 4.31 Å². The van der Waals surface area contributed by atoms with Crippen LogP contribution in [0.2, 0.25) is 0 Å².